The number of carboxylic acid groups (broad SMARTS) is 1. The van der Waals surface area contributed by atoms with E-state index in [1.807, 2.05) is 30.3 Å². The summed E-state index contributed by atoms with van der Waals surface area (Å²) in [5, 5.41) is 11.8. The second-order valence-electron chi connectivity index (χ2n) is 4.40. The van der Waals surface area contributed by atoms with Crippen molar-refractivity contribution in [2.45, 2.75) is 12.7 Å². The van der Waals surface area contributed by atoms with Gasteiger partial charge < -0.3 is 10.4 Å². The van der Waals surface area contributed by atoms with Crippen molar-refractivity contribution in [2.24, 2.45) is 0 Å². The van der Waals surface area contributed by atoms with Crippen molar-refractivity contribution in [1.82, 2.24) is 0 Å². The molecule has 6 heteroatoms. The van der Waals surface area contributed by atoms with E-state index in [-0.39, 0.29) is 0 Å². The van der Waals surface area contributed by atoms with Gasteiger partial charge in [-0.1, -0.05) is 30.3 Å². The summed E-state index contributed by atoms with van der Waals surface area (Å²) in [7, 11) is 0. The lowest BCUT2D eigenvalue weighted by Crippen LogP contribution is -2.13. The molecule has 0 heterocycles. The Morgan fingerprint density at radius 1 is 1.10 bits per heavy atom. The molecule has 0 amide bonds. The quantitative estimate of drug-likeness (QED) is 0.895. The van der Waals surface area contributed by atoms with Crippen molar-refractivity contribution in [3.05, 3.63) is 65.2 Å². The average Bonchev–Trinajstić information content (AvgIpc) is 2.45. The Morgan fingerprint density at radius 3 is 2.33 bits per heavy atom. The Bertz CT molecular complexity index is 639. The van der Waals surface area contributed by atoms with E-state index in [9.17, 15) is 18.0 Å². The largest absolute Gasteiger partial charge is 0.478 e. The second-order valence-corrected chi connectivity index (χ2v) is 4.40. The molecule has 0 aliphatic heterocycles. The van der Waals surface area contributed by atoms with Crippen LogP contribution >= 0.6 is 0 Å². The summed E-state index contributed by atoms with van der Waals surface area (Å²) < 4.78 is 38.1. The number of aromatic carboxylic acids is 1. The van der Waals surface area contributed by atoms with Gasteiger partial charge in [0.15, 0.2) is 0 Å². The van der Waals surface area contributed by atoms with Crippen molar-refractivity contribution in [3.63, 3.8) is 0 Å². The molecule has 2 aromatic carbocycles. The van der Waals surface area contributed by atoms with E-state index in [1.54, 1.807) is 0 Å². The number of hydrogen-bond acceptors (Lipinski definition) is 2. The summed E-state index contributed by atoms with van der Waals surface area (Å²) in [6.07, 6.45) is -4.69. The zero-order chi connectivity index (χ0) is 15.5. The molecule has 2 aromatic rings. The number of anilines is 1. The maximum Gasteiger partial charge on any atom is 0.417 e. The molecule has 0 aliphatic rings. The Kier molecular flexibility index (Phi) is 4.16. The molecule has 0 atom stereocenters. The summed E-state index contributed by atoms with van der Waals surface area (Å²) >= 11 is 0. The van der Waals surface area contributed by atoms with E-state index >= 15 is 0 Å². The van der Waals surface area contributed by atoms with Crippen LogP contribution in [-0.4, -0.2) is 11.1 Å². The number of benzene rings is 2. The number of halogens is 3. The molecular weight excluding hydrogens is 283 g/mol. The molecule has 0 radical (unpaired) electrons. The van der Waals surface area contributed by atoms with Crippen LogP contribution in [0.2, 0.25) is 0 Å². The maximum atomic E-state index is 12.7. The number of carboxylic acids is 1. The van der Waals surface area contributed by atoms with E-state index in [1.165, 1.54) is 6.07 Å². The van der Waals surface area contributed by atoms with Crippen LogP contribution in [0.25, 0.3) is 0 Å². The highest BCUT2D eigenvalue weighted by atomic mass is 19.4. The molecule has 2 N–H and O–H groups in total. The fourth-order valence-electron chi connectivity index (χ4n) is 1.88. The molecule has 3 nitrogen and oxygen atoms in total. The summed E-state index contributed by atoms with van der Waals surface area (Å²) in [5.74, 6) is -1.61. The first kappa shape index (κ1) is 14.9. The number of hydrogen-bond donors (Lipinski definition) is 2. The van der Waals surface area contributed by atoms with Crippen LogP contribution in [0.15, 0.2) is 48.5 Å². The highest BCUT2D eigenvalue weighted by Gasteiger charge is 2.35. The standard InChI is InChI=1S/C15H12F3NO2/c16-15(17,18)13-7-6-11(8-12(13)14(20)21)19-9-10-4-2-1-3-5-10/h1-8,19H,9H2,(H,20,21). The molecule has 0 spiro atoms. The van der Waals surface area contributed by atoms with Gasteiger partial charge in [-0.25, -0.2) is 4.79 Å². The minimum absolute atomic E-state index is 0.323. The molecule has 0 aromatic heterocycles. The molecule has 110 valence electrons. The predicted octanol–water partition coefficient (Wildman–Crippen LogP) is 4.02. The minimum Gasteiger partial charge on any atom is -0.478 e. The molecule has 2 rings (SSSR count). The van der Waals surface area contributed by atoms with Crippen LogP contribution in [-0.2, 0) is 12.7 Å². The van der Waals surface area contributed by atoms with Gasteiger partial charge in [-0.2, -0.15) is 13.2 Å². The highest BCUT2D eigenvalue weighted by Crippen LogP contribution is 2.33. The van der Waals surface area contributed by atoms with Gasteiger partial charge in [-0.05, 0) is 23.8 Å². The zero-order valence-corrected chi connectivity index (χ0v) is 10.8. The van der Waals surface area contributed by atoms with E-state index in [0.29, 0.717) is 12.2 Å². The smallest absolute Gasteiger partial charge is 0.417 e. The van der Waals surface area contributed by atoms with Gasteiger partial charge in [0.05, 0.1) is 11.1 Å². The fourth-order valence-corrected chi connectivity index (χ4v) is 1.88. The Morgan fingerprint density at radius 2 is 1.76 bits per heavy atom. The lowest BCUT2D eigenvalue weighted by Gasteiger charge is -2.13. The van der Waals surface area contributed by atoms with Crippen LogP contribution < -0.4 is 5.32 Å². The highest BCUT2D eigenvalue weighted by molar-refractivity contribution is 5.91. The van der Waals surface area contributed by atoms with Crippen LogP contribution in [0.3, 0.4) is 0 Å². The molecule has 0 saturated heterocycles. The van der Waals surface area contributed by atoms with Gasteiger partial charge in [0.2, 0.25) is 0 Å². The minimum atomic E-state index is -4.69. The number of rotatable bonds is 4. The first-order chi connectivity index (χ1) is 9.88. The lowest BCUT2D eigenvalue weighted by molar-refractivity contribution is -0.138. The topological polar surface area (TPSA) is 49.3 Å². The van der Waals surface area contributed by atoms with E-state index < -0.39 is 23.3 Å². The second kappa shape index (κ2) is 5.87. The molecule has 0 bridgehead atoms. The van der Waals surface area contributed by atoms with Crippen molar-refractivity contribution >= 4 is 11.7 Å². The van der Waals surface area contributed by atoms with Crippen LogP contribution in [0.4, 0.5) is 18.9 Å². The monoisotopic (exact) mass is 295 g/mol. The van der Waals surface area contributed by atoms with Gasteiger partial charge >= 0.3 is 12.1 Å². The van der Waals surface area contributed by atoms with Crippen molar-refractivity contribution in [2.75, 3.05) is 5.32 Å². The Balaban J connectivity index is 2.22. The van der Waals surface area contributed by atoms with Crippen LogP contribution in [0.5, 0.6) is 0 Å². The normalized spacial score (nSPS) is 11.2. The molecule has 0 aliphatic carbocycles. The first-order valence-corrected chi connectivity index (χ1v) is 6.10. The van der Waals surface area contributed by atoms with Crippen molar-refractivity contribution < 1.29 is 23.1 Å². The molecule has 0 fully saturated rings. The van der Waals surface area contributed by atoms with Crippen molar-refractivity contribution in [1.29, 1.82) is 0 Å². The van der Waals surface area contributed by atoms with Gasteiger partial charge in [0, 0.05) is 12.2 Å². The van der Waals surface area contributed by atoms with Crippen LogP contribution in [0.1, 0.15) is 21.5 Å². The lowest BCUT2D eigenvalue weighted by atomic mass is 10.1. The van der Waals surface area contributed by atoms with Crippen molar-refractivity contribution in [3.8, 4) is 0 Å². The third kappa shape index (κ3) is 3.75. The average molecular weight is 295 g/mol. The molecule has 0 unspecified atom stereocenters. The van der Waals surface area contributed by atoms with Gasteiger partial charge in [-0.15, -0.1) is 0 Å². The molecule has 0 saturated carbocycles. The maximum absolute atomic E-state index is 12.7. The van der Waals surface area contributed by atoms with E-state index in [0.717, 1.165) is 17.7 Å². The predicted molar refractivity (Wildman–Crippen MR) is 72.2 cm³/mol. The SMILES string of the molecule is O=C(O)c1cc(NCc2ccccc2)ccc1C(F)(F)F. The number of nitrogens with one attached hydrogen (secondary N) is 1. The van der Waals surface area contributed by atoms with E-state index in [2.05, 4.69) is 5.32 Å². The Labute approximate surface area is 119 Å². The third-order valence-electron chi connectivity index (χ3n) is 2.89. The first-order valence-electron chi connectivity index (χ1n) is 6.10. The number of carbonyl (C=O) groups is 1. The molecular formula is C15H12F3NO2. The van der Waals surface area contributed by atoms with Crippen LogP contribution in [0, 0.1) is 0 Å². The zero-order valence-electron chi connectivity index (χ0n) is 10.8. The Hall–Kier alpha value is -2.50. The summed E-state index contributed by atoms with van der Waals surface area (Å²) in [6, 6.07) is 12.2. The summed E-state index contributed by atoms with van der Waals surface area (Å²) in [5.41, 5.74) is -0.653. The van der Waals surface area contributed by atoms with Gasteiger partial charge in [0.1, 0.15) is 0 Å². The van der Waals surface area contributed by atoms with Gasteiger partial charge in [-0.3, -0.25) is 0 Å². The fraction of sp³-hybridized carbons (Fsp3) is 0.133. The van der Waals surface area contributed by atoms with E-state index in [4.69, 9.17) is 5.11 Å². The van der Waals surface area contributed by atoms with Gasteiger partial charge in [0.25, 0.3) is 0 Å². The number of alkyl halides is 3. The third-order valence-corrected chi connectivity index (χ3v) is 2.89. The summed E-state index contributed by atoms with van der Waals surface area (Å²) in [6.45, 7) is 0.394. The molecule has 21 heavy (non-hydrogen) atoms. The summed E-state index contributed by atoms with van der Waals surface area (Å²) in [4.78, 5) is 11.0.